The number of aliphatic hydroxyl groups is 1. The van der Waals surface area contributed by atoms with Crippen LogP contribution in [-0.4, -0.2) is 17.5 Å². The Labute approximate surface area is 103 Å². The van der Waals surface area contributed by atoms with Crippen molar-refractivity contribution < 1.29 is 9.90 Å². The van der Waals surface area contributed by atoms with E-state index in [0.717, 1.165) is 44.0 Å². The molecule has 1 N–H and O–H groups in total. The van der Waals surface area contributed by atoms with E-state index in [9.17, 15) is 9.90 Å². The molecular weight excluding hydrogens is 212 g/mol. The second-order valence-electron chi connectivity index (χ2n) is 6.00. The van der Waals surface area contributed by atoms with Crippen LogP contribution in [0.15, 0.2) is 24.3 Å². The van der Waals surface area contributed by atoms with Crippen molar-refractivity contribution in [2.75, 3.05) is 0 Å². The molecule has 2 heteroatoms. The highest BCUT2D eigenvalue weighted by molar-refractivity contribution is 5.72. The minimum atomic E-state index is -0.351. The van der Waals surface area contributed by atoms with Gasteiger partial charge < -0.3 is 5.11 Å². The van der Waals surface area contributed by atoms with Gasteiger partial charge in [-0.3, -0.25) is 4.79 Å². The lowest BCUT2D eigenvalue weighted by Crippen LogP contribution is -2.42. The van der Waals surface area contributed by atoms with Crippen molar-refractivity contribution >= 4 is 6.29 Å². The summed E-state index contributed by atoms with van der Waals surface area (Å²) < 4.78 is 0. The van der Waals surface area contributed by atoms with Gasteiger partial charge in [-0.2, -0.15) is 0 Å². The molecule has 94 valence electrons. The van der Waals surface area contributed by atoms with E-state index >= 15 is 0 Å². The largest absolute Gasteiger partial charge is 0.389 e. The Kier molecular flexibility index (Phi) is 3.26. The first kappa shape index (κ1) is 12.6. The Morgan fingerprint density at radius 2 is 2.12 bits per heavy atom. The molecular formula is C15H22O2. The summed E-state index contributed by atoms with van der Waals surface area (Å²) in [4.78, 5) is 10.8. The highest BCUT2D eigenvalue weighted by Gasteiger charge is 2.45. The fraction of sp³-hybridized carbons (Fsp3) is 0.667. The predicted octanol–water partition coefficient (Wildman–Crippen LogP) is 2.88. The molecule has 2 fully saturated rings. The van der Waals surface area contributed by atoms with E-state index in [1.165, 1.54) is 0 Å². The van der Waals surface area contributed by atoms with Crippen molar-refractivity contribution in [1.29, 1.82) is 0 Å². The third-order valence-corrected chi connectivity index (χ3v) is 4.97. The minimum Gasteiger partial charge on any atom is -0.389 e. The molecule has 0 aromatic carbocycles. The van der Waals surface area contributed by atoms with E-state index in [1.807, 2.05) is 0 Å². The monoisotopic (exact) mass is 234 g/mol. The van der Waals surface area contributed by atoms with Gasteiger partial charge in [0.15, 0.2) is 0 Å². The van der Waals surface area contributed by atoms with Crippen LogP contribution in [-0.2, 0) is 4.79 Å². The van der Waals surface area contributed by atoms with Crippen LogP contribution >= 0.6 is 0 Å². The van der Waals surface area contributed by atoms with Crippen LogP contribution in [0.25, 0.3) is 0 Å². The van der Waals surface area contributed by atoms with Gasteiger partial charge in [-0.1, -0.05) is 20.1 Å². The van der Waals surface area contributed by atoms with E-state index in [2.05, 4.69) is 20.1 Å². The molecule has 0 amide bonds. The quantitative estimate of drug-likeness (QED) is 0.453. The molecule has 0 spiro atoms. The third-order valence-electron chi connectivity index (χ3n) is 4.97. The second kappa shape index (κ2) is 4.41. The molecule has 2 nitrogen and oxygen atoms in total. The number of aldehydes is 1. The van der Waals surface area contributed by atoms with E-state index in [-0.39, 0.29) is 17.4 Å². The van der Waals surface area contributed by atoms with Crippen LogP contribution in [0, 0.1) is 17.3 Å². The molecule has 4 unspecified atom stereocenters. The number of rotatable bonds is 2. The molecule has 4 atom stereocenters. The standard InChI is InChI=1S/C15H22O2/c1-10(9-16)12-4-6-15(3)7-5-14(17)11(2)13(15)8-12/h9,12-14,17H,1-2,4-8H2,3H3. The number of carbonyl (C=O) groups excluding carboxylic acids is 1. The van der Waals surface area contributed by atoms with Gasteiger partial charge in [0.25, 0.3) is 0 Å². The molecule has 17 heavy (non-hydrogen) atoms. The zero-order valence-corrected chi connectivity index (χ0v) is 10.6. The predicted molar refractivity (Wildman–Crippen MR) is 68.5 cm³/mol. The van der Waals surface area contributed by atoms with Crippen LogP contribution in [0.5, 0.6) is 0 Å². The van der Waals surface area contributed by atoms with Gasteiger partial charge >= 0.3 is 0 Å². The summed E-state index contributed by atoms with van der Waals surface area (Å²) in [6.07, 6.45) is 5.54. The van der Waals surface area contributed by atoms with Gasteiger partial charge in [0, 0.05) is 0 Å². The summed E-state index contributed by atoms with van der Waals surface area (Å²) in [5, 5.41) is 9.92. The summed E-state index contributed by atoms with van der Waals surface area (Å²) in [6, 6.07) is 0. The first-order chi connectivity index (χ1) is 7.98. The van der Waals surface area contributed by atoms with Crippen molar-refractivity contribution in [3.8, 4) is 0 Å². The topological polar surface area (TPSA) is 37.3 Å². The maximum atomic E-state index is 10.8. The van der Waals surface area contributed by atoms with Crippen molar-refractivity contribution in [1.82, 2.24) is 0 Å². The summed E-state index contributed by atoms with van der Waals surface area (Å²) in [5.41, 5.74) is 1.96. The summed E-state index contributed by atoms with van der Waals surface area (Å²) in [7, 11) is 0. The zero-order chi connectivity index (χ0) is 12.6. The van der Waals surface area contributed by atoms with Gasteiger partial charge in [0.2, 0.25) is 0 Å². The van der Waals surface area contributed by atoms with Gasteiger partial charge in [0.1, 0.15) is 6.29 Å². The summed E-state index contributed by atoms with van der Waals surface area (Å²) >= 11 is 0. The van der Waals surface area contributed by atoms with Crippen LogP contribution in [0.4, 0.5) is 0 Å². The Morgan fingerprint density at radius 3 is 2.76 bits per heavy atom. The van der Waals surface area contributed by atoms with Crippen LogP contribution in [0.3, 0.4) is 0 Å². The van der Waals surface area contributed by atoms with Crippen molar-refractivity contribution in [2.45, 2.75) is 45.1 Å². The molecule has 0 aromatic rings. The van der Waals surface area contributed by atoms with Crippen LogP contribution < -0.4 is 0 Å². The lowest BCUT2D eigenvalue weighted by atomic mass is 9.56. The molecule has 2 rings (SSSR count). The van der Waals surface area contributed by atoms with Crippen LogP contribution in [0.2, 0.25) is 0 Å². The van der Waals surface area contributed by atoms with Crippen molar-refractivity contribution in [3.05, 3.63) is 24.3 Å². The SMILES string of the molecule is C=C(C=O)C1CCC2(C)CCC(O)C(=C)C2C1. The Bertz CT molecular complexity index is 358. The molecule has 0 bridgehead atoms. The van der Waals surface area contributed by atoms with Gasteiger partial charge in [-0.05, 0) is 60.5 Å². The first-order valence-electron chi connectivity index (χ1n) is 6.48. The van der Waals surface area contributed by atoms with Crippen LogP contribution in [0.1, 0.15) is 39.0 Å². The van der Waals surface area contributed by atoms with Crippen molar-refractivity contribution in [3.63, 3.8) is 0 Å². The van der Waals surface area contributed by atoms with E-state index in [1.54, 1.807) is 0 Å². The average Bonchev–Trinajstić information content (AvgIpc) is 2.33. The Morgan fingerprint density at radius 1 is 1.47 bits per heavy atom. The first-order valence-corrected chi connectivity index (χ1v) is 6.48. The zero-order valence-electron chi connectivity index (χ0n) is 10.6. The molecule has 0 aromatic heterocycles. The number of hydrogen-bond acceptors (Lipinski definition) is 2. The second-order valence-corrected chi connectivity index (χ2v) is 6.00. The highest BCUT2D eigenvalue weighted by atomic mass is 16.3. The van der Waals surface area contributed by atoms with E-state index < -0.39 is 0 Å². The average molecular weight is 234 g/mol. The third kappa shape index (κ3) is 2.11. The molecule has 0 radical (unpaired) electrons. The number of allylic oxidation sites excluding steroid dienone is 1. The molecule has 2 saturated carbocycles. The van der Waals surface area contributed by atoms with Gasteiger partial charge in [-0.15, -0.1) is 0 Å². The summed E-state index contributed by atoms with van der Waals surface area (Å²) in [6.45, 7) is 10.2. The number of hydrogen-bond donors (Lipinski definition) is 1. The fourth-order valence-corrected chi connectivity index (χ4v) is 3.58. The number of aliphatic hydroxyl groups excluding tert-OH is 1. The van der Waals surface area contributed by atoms with Gasteiger partial charge in [-0.25, -0.2) is 0 Å². The molecule has 0 heterocycles. The maximum absolute atomic E-state index is 10.8. The Balaban J connectivity index is 2.18. The van der Waals surface area contributed by atoms with E-state index in [4.69, 9.17) is 0 Å². The normalized spacial score (nSPS) is 41.8. The lowest BCUT2D eigenvalue weighted by Gasteiger charge is -2.50. The smallest absolute Gasteiger partial charge is 0.145 e. The fourth-order valence-electron chi connectivity index (χ4n) is 3.58. The molecule has 2 aliphatic carbocycles. The Hall–Kier alpha value is -0.890. The maximum Gasteiger partial charge on any atom is 0.145 e. The lowest BCUT2D eigenvalue weighted by molar-refractivity contribution is -0.105. The number of fused-ring (bicyclic) bond motifs is 1. The summed E-state index contributed by atoms with van der Waals surface area (Å²) in [5.74, 6) is 0.634. The van der Waals surface area contributed by atoms with E-state index in [0.29, 0.717) is 11.5 Å². The minimum absolute atomic E-state index is 0.274. The van der Waals surface area contributed by atoms with Crippen molar-refractivity contribution in [2.24, 2.45) is 17.3 Å². The van der Waals surface area contributed by atoms with Gasteiger partial charge in [0.05, 0.1) is 6.10 Å². The molecule has 0 aliphatic heterocycles. The number of carbonyl (C=O) groups is 1. The molecule has 2 aliphatic rings. The molecule has 0 saturated heterocycles. The highest BCUT2D eigenvalue weighted by Crippen LogP contribution is 2.54.